The number of aromatic nitrogens is 1. The standard InChI is InChI=1S/C11H10ClNOS/c1-15-11-7-10(13-14-11)6-8-3-2-4-9(12)5-8/h2-5,7H,6H2,1H3. The minimum atomic E-state index is 0.751. The molecule has 0 radical (unpaired) electrons. The summed E-state index contributed by atoms with van der Waals surface area (Å²) < 4.78 is 5.10. The zero-order valence-corrected chi connectivity index (χ0v) is 9.81. The van der Waals surface area contributed by atoms with E-state index in [0.29, 0.717) is 0 Å². The van der Waals surface area contributed by atoms with Gasteiger partial charge in [-0.3, -0.25) is 0 Å². The summed E-state index contributed by atoms with van der Waals surface area (Å²) in [6, 6.07) is 9.72. The van der Waals surface area contributed by atoms with Crippen molar-refractivity contribution < 1.29 is 4.52 Å². The van der Waals surface area contributed by atoms with E-state index >= 15 is 0 Å². The molecule has 1 heterocycles. The molecule has 0 aliphatic heterocycles. The SMILES string of the molecule is CSc1cc(Cc2cccc(Cl)c2)no1. The maximum Gasteiger partial charge on any atom is 0.193 e. The highest BCUT2D eigenvalue weighted by Gasteiger charge is 2.04. The molecule has 0 aliphatic carbocycles. The van der Waals surface area contributed by atoms with Gasteiger partial charge in [0.2, 0.25) is 0 Å². The van der Waals surface area contributed by atoms with Gasteiger partial charge in [0.05, 0.1) is 5.69 Å². The first-order valence-electron chi connectivity index (χ1n) is 4.52. The predicted octanol–water partition coefficient (Wildman–Crippen LogP) is 3.64. The van der Waals surface area contributed by atoms with Crippen molar-refractivity contribution in [3.05, 3.63) is 46.6 Å². The molecule has 2 nitrogen and oxygen atoms in total. The molecule has 0 saturated carbocycles. The Labute approximate surface area is 97.6 Å². The van der Waals surface area contributed by atoms with Gasteiger partial charge >= 0.3 is 0 Å². The average molecular weight is 240 g/mol. The Morgan fingerprint density at radius 1 is 1.40 bits per heavy atom. The van der Waals surface area contributed by atoms with Crippen molar-refractivity contribution >= 4 is 23.4 Å². The first-order chi connectivity index (χ1) is 7.28. The van der Waals surface area contributed by atoms with E-state index in [2.05, 4.69) is 5.16 Å². The topological polar surface area (TPSA) is 26.0 Å². The third-order valence-corrected chi connectivity index (χ3v) is 2.84. The highest BCUT2D eigenvalue weighted by Crippen LogP contribution is 2.18. The van der Waals surface area contributed by atoms with Crippen LogP contribution in [0.4, 0.5) is 0 Å². The van der Waals surface area contributed by atoms with E-state index in [9.17, 15) is 0 Å². The van der Waals surface area contributed by atoms with Crippen molar-refractivity contribution in [2.45, 2.75) is 11.5 Å². The van der Waals surface area contributed by atoms with E-state index in [1.54, 1.807) is 11.8 Å². The van der Waals surface area contributed by atoms with Crippen LogP contribution in [0, 0.1) is 0 Å². The van der Waals surface area contributed by atoms with Crippen molar-refractivity contribution in [2.75, 3.05) is 6.26 Å². The van der Waals surface area contributed by atoms with Gasteiger partial charge in [-0.2, -0.15) is 0 Å². The van der Waals surface area contributed by atoms with Crippen LogP contribution in [-0.2, 0) is 6.42 Å². The first kappa shape index (κ1) is 10.6. The quantitative estimate of drug-likeness (QED) is 0.765. The molecular weight excluding hydrogens is 230 g/mol. The number of benzene rings is 1. The van der Waals surface area contributed by atoms with Crippen LogP contribution in [0.2, 0.25) is 5.02 Å². The maximum atomic E-state index is 5.90. The Kier molecular flexibility index (Phi) is 3.34. The van der Waals surface area contributed by atoms with Gasteiger partial charge in [0.25, 0.3) is 0 Å². The molecule has 0 N–H and O–H groups in total. The van der Waals surface area contributed by atoms with Crippen molar-refractivity contribution in [3.63, 3.8) is 0 Å². The monoisotopic (exact) mass is 239 g/mol. The molecule has 1 aromatic heterocycles. The van der Waals surface area contributed by atoms with Gasteiger partial charge < -0.3 is 4.52 Å². The number of rotatable bonds is 3. The zero-order chi connectivity index (χ0) is 10.7. The molecule has 2 aromatic rings. The molecule has 1 aromatic carbocycles. The van der Waals surface area contributed by atoms with E-state index in [1.165, 1.54) is 0 Å². The van der Waals surface area contributed by atoms with Crippen LogP contribution in [0.3, 0.4) is 0 Å². The Balaban J connectivity index is 2.14. The maximum absolute atomic E-state index is 5.90. The number of nitrogens with zero attached hydrogens (tertiary/aromatic N) is 1. The molecule has 0 fully saturated rings. The van der Waals surface area contributed by atoms with Crippen molar-refractivity contribution in [1.82, 2.24) is 5.16 Å². The van der Waals surface area contributed by atoms with Crippen LogP contribution >= 0.6 is 23.4 Å². The summed E-state index contributed by atoms with van der Waals surface area (Å²) in [5.41, 5.74) is 2.07. The molecule has 0 saturated heterocycles. The molecule has 0 bridgehead atoms. The smallest absolute Gasteiger partial charge is 0.193 e. The van der Waals surface area contributed by atoms with Crippen LogP contribution < -0.4 is 0 Å². The lowest BCUT2D eigenvalue weighted by Crippen LogP contribution is -1.87. The summed E-state index contributed by atoms with van der Waals surface area (Å²) in [7, 11) is 0. The Morgan fingerprint density at radius 3 is 2.93 bits per heavy atom. The predicted molar refractivity (Wildman–Crippen MR) is 62.5 cm³/mol. The normalized spacial score (nSPS) is 10.5. The fourth-order valence-corrected chi connectivity index (χ4v) is 1.91. The van der Waals surface area contributed by atoms with Gasteiger partial charge in [-0.25, -0.2) is 0 Å². The van der Waals surface area contributed by atoms with Crippen molar-refractivity contribution in [1.29, 1.82) is 0 Å². The Bertz CT molecular complexity index is 455. The molecule has 0 amide bonds. The molecule has 2 rings (SSSR count). The minimum Gasteiger partial charge on any atom is -0.350 e. The average Bonchev–Trinajstić information content (AvgIpc) is 2.65. The molecule has 0 aliphatic rings. The van der Waals surface area contributed by atoms with Gasteiger partial charge in [0.15, 0.2) is 5.09 Å². The largest absolute Gasteiger partial charge is 0.350 e. The van der Waals surface area contributed by atoms with Crippen LogP contribution in [0.15, 0.2) is 39.9 Å². The van der Waals surface area contributed by atoms with Crippen LogP contribution in [0.5, 0.6) is 0 Å². The Hall–Kier alpha value is -0.930. The van der Waals surface area contributed by atoms with Gasteiger partial charge in [0.1, 0.15) is 0 Å². The summed E-state index contributed by atoms with van der Waals surface area (Å²) >= 11 is 7.44. The van der Waals surface area contributed by atoms with Gasteiger partial charge in [-0.05, 0) is 24.0 Å². The number of halogens is 1. The summed E-state index contributed by atoms with van der Waals surface area (Å²) in [5.74, 6) is 0. The van der Waals surface area contributed by atoms with Crippen LogP contribution in [0.1, 0.15) is 11.3 Å². The molecular formula is C11H10ClNOS. The molecule has 0 unspecified atom stereocenters. The minimum absolute atomic E-state index is 0.751. The Morgan fingerprint density at radius 2 is 2.27 bits per heavy atom. The molecule has 0 atom stereocenters. The van der Waals surface area contributed by atoms with E-state index in [1.807, 2.05) is 36.6 Å². The number of thioether (sulfide) groups is 1. The first-order valence-corrected chi connectivity index (χ1v) is 6.12. The fourth-order valence-electron chi connectivity index (χ4n) is 1.33. The van der Waals surface area contributed by atoms with Gasteiger partial charge in [-0.15, -0.1) is 0 Å². The third kappa shape index (κ3) is 2.76. The van der Waals surface area contributed by atoms with Crippen LogP contribution in [0.25, 0.3) is 0 Å². The second-order valence-electron chi connectivity index (χ2n) is 3.15. The molecule has 0 spiro atoms. The van der Waals surface area contributed by atoms with Gasteiger partial charge in [0, 0.05) is 17.5 Å². The molecule has 78 valence electrons. The lowest BCUT2D eigenvalue weighted by molar-refractivity contribution is 0.346. The summed E-state index contributed by atoms with van der Waals surface area (Å²) in [4.78, 5) is 0. The highest BCUT2D eigenvalue weighted by atomic mass is 35.5. The second kappa shape index (κ2) is 4.73. The number of hydrogen-bond acceptors (Lipinski definition) is 3. The van der Waals surface area contributed by atoms with Crippen LogP contribution in [-0.4, -0.2) is 11.4 Å². The summed E-state index contributed by atoms with van der Waals surface area (Å²) in [5, 5.41) is 5.56. The summed E-state index contributed by atoms with van der Waals surface area (Å²) in [6.45, 7) is 0. The van der Waals surface area contributed by atoms with Gasteiger partial charge in [-0.1, -0.05) is 40.7 Å². The van der Waals surface area contributed by atoms with E-state index < -0.39 is 0 Å². The molecule has 4 heteroatoms. The van der Waals surface area contributed by atoms with Crippen molar-refractivity contribution in [2.24, 2.45) is 0 Å². The lowest BCUT2D eigenvalue weighted by atomic mass is 10.1. The van der Waals surface area contributed by atoms with E-state index in [4.69, 9.17) is 16.1 Å². The summed E-state index contributed by atoms with van der Waals surface area (Å²) in [6.07, 6.45) is 2.72. The fraction of sp³-hybridized carbons (Fsp3) is 0.182. The van der Waals surface area contributed by atoms with E-state index in [0.717, 1.165) is 27.8 Å². The van der Waals surface area contributed by atoms with E-state index in [-0.39, 0.29) is 0 Å². The van der Waals surface area contributed by atoms with Crippen molar-refractivity contribution in [3.8, 4) is 0 Å². The third-order valence-electron chi connectivity index (χ3n) is 2.01. The number of hydrogen-bond donors (Lipinski definition) is 0. The zero-order valence-electron chi connectivity index (χ0n) is 8.24. The second-order valence-corrected chi connectivity index (χ2v) is 4.40. The molecule has 15 heavy (non-hydrogen) atoms. The highest BCUT2D eigenvalue weighted by molar-refractivity contribution is 7.98. The lowest BCUT2D eigenvalue weighted by Gasteiger charge is -1.97.